The van der Waals surface area contributed by atoms with Crippen molar-refractivity contribution in [3.05, 3.63) is 77.6 Å². The molecule has 9 heteroatoms. The van der Waals surface area contributed by atoms with Gasteiger partial charge in [0, 0.05) is 23.1 Å². The molecule has 0 saturated heterocycles. The van der Waals surface area contributed by atoms with E-state index in [1.165, 1.54) is 16.8 Å². The molecular weight excluding hydrogens is 415 g/mol. The van der Waals surface area contributed by atoms with E-state index in [2.05, 4.69) is 15.1 Å². The molecule has 0 fully saturated rings. The van der Waals surface area contributed by atoms with Crippen LogP contribution in [0.3, 0.4) is 0 Å². The monoisotopic (exact) mass is 430 g/mol. The molecule has 29 heavy (non-hydrogen) atoms. The molecule has 0 amide bonds. The lowest BCUT2D eigenvalue weighted by Crippen LogP contribution is -2.17. The highest BCUT2D eigenvalue weighted by Crippen LogP contribution is 2.32. The minimum Gasteiger partial charge on any atom is -0.354 e. The van der Waals surface area contributed by atoms with Gasteiger partial charge < -0.3 is 5.32 Å². The first-order chi connectivity index (χ1) is 13.8. The molecular formula is C20H16ClFN4O2S. The van der Waals surface area contributed by atoms with Crippen LogP contribution in [-0.2, 0) is 17.1 Å². The smallest absolute Gasteiger partial charge is 0.279 e. The summed E-state index contributed by atoms with van der Waals surface area (Å²) in [5.74, 6) is -0.370. The number of aryl methyl sites for hydroxylation is 1. The molecule has 0 aliphatic rings. The van der Waals surface area contributed by atoms with Crippen LogP contribution in [0, 0.1) is 5.82 Å². The van der Waals surface area contributed by atoms with E-state index >= 15 is 0 Å². The molecule has 0 radical (unpaired) electrons. The van der Waals surface area contributed by atoms with Gasteiger partial charge >= 0.3 is 0 Å². The van der Waals surface area contributed by atoms with E-state index < -0.39 is 10.0 Å². The number of fused-ring (bicyclic) bond motifs is 1. The minimum absolute atomic E-state index is 0.0517. The van der Waals surface area contributed by atoms with Gasteiger partial charge in [-0.2, -0.15) is 13.5 Å². The molecule has 4 aromatic rings. The molecule has 6 nitrogen and oxygen atoms in total. The molecule has 3 aromatic carbocycles. The number of rotatable bonds is 5. The summed E-state index contributed by atoms with van der Waals surface area (Å²) >= 11 is 6.09. The molecule has 0 aliphatic heterocycles. The van der Waals surface area contributed by atoms with Crippen LogP contribution in [0.15, 0.2) is 71.8 Å². The molecule has 0 unspecified atom stereocenters. The zero-order valence-corrected chi connectivity index (χ0v) is 16.8. The average Bonchev–Trinajstić information content (AvgIpc) is 3.02. The second kappa shape index (κ2) is 7.38. The van der Waals surface area contributed by atoms with Gasteiger partial charge in [-0.3, -0.25) is 9.40 Å². The standard InChI is InChI=1S/C20H16ClFN4O2S/c1-26-20(16-4-2-3-5-17(16)24-26)29(27,28)25-18-11-6-13(21)12-19(18)23-15-9-7-14(22)8-10-15/h2-12,23,25H,1H3. The Kier molecular flexibility index (Phi) is 4.89. The van der Waals surface area contributed by atoms with E-state index in [0.29, 0.717) is 33.0 Å². The molecule has 2 N–H and O–H groups in total. The largest absolute Gasteiger partial charge is 0.354 e. The SMILES string of the molecule is Cn1nc2ccccc2c1S(=O)(=O)Nc1ccc(Cl)cc1Nc1ccc(F)cc1. The van der Waals surface area contributed by atoms with Crippen molar-refractivity contribution < 1.29 is 12.8 Å². The Morgan fingerprint density at radius 1 is 1.00 bits per heavy atom. The Bertz CT molecular complexity index is 1300. The molecule has 0 spiro atoms. The Hall–Kier alpha value is -3.10. The highest BCUT2D eigenvalue weighted by Gasteiger charge is 2.24. The predicted molar refractivity (Wildman–Crippen MR) is 113 cm³/mol. The van der Waals surface area contributed by atoms with Crippen LogP contribution < -0.4 is 10.0 Å². The fourth-order valence-corrected chi connectivity index (χ4v) is 4.62. The van der Waals surface area contributed by atoms with Crippen LogP contribution in [0.1, 0.15) is 0 Å². The first-order valence-corrected chi connectivity index (χ1v) is 10.5. The molecule has 1 heterocycles. The van der Waals surface area contributed by atoms with Crippen LogP contribution in [0.2, 0.25) is 5.02 Å². The van der Waals surface area contributed by atoms with Crippen molar-refractivity contribution in [3.8, 4) is 0 Å². The summed E-state index contributed by atoms with van der Waals surface area (Å²) in [6, 6.07) is 17.4. The Labute approximate surface area is 172 Å². The predicted octanol–water partition coefficient (Wildman–Crippen LogP) is 4.91. The van der Waals surface area contributed by atoms with Crippen LogP contribution in [0.4, 0.5) is 21.5 Å². The third-order valence-corrected chi connectivity index (χ3v) is 6.01. The van der Waals surface area contributed by atoms with Gasteiger partial charge in [-0.25, -0.2) is 4.39 Å². The van der Waals surface area contributed by atoms with Crippen LogP contribution >= 0.6 is 11.6 Å². The van der Waals surface area contributed by atoms with Gasteiger partial charge in [0.1, 0.15) is 5.82 Å². The van der Waals surface area contributed by atoms with E-state index in [1.54, 1.807) is 61.6 Å². The summed E-state index contributed by atoms with van der Waals surface area (Å²) in [5.41, 5.74) is 1.89. The van der Waals surface area contributed by atoms with Crippen molar-refractivity contribution in [1.29, 1.82) is 0 Å². The maximum atomic E-state index is 13.2. The number of nitrogens with one attached hydrogen (secondary N) is 2. The highest BCUT2D eigenvalue weighted by molar-refractivity contribution is 7.92. The number of anilines is 3. The van der Waals surface area contributed by atoms with Gasteiger partial charge in [-0.05, 0) is 54.6 Å². The number of sulfonamides is 1. The number of aromatic nitrogens is 2. The first-order valence-electron chi connectivity index (χ1n) is 8.60. The van der Waals surface area contributed by atoms with E-state index in [9.17, 15) is 12.8 Å². The van der Waals surface area contributed by atoms with Gasteiger partial charge in [0.2, 0.25) is 0 Å². The normalized spacial score (nSPS) is 11.6. The van der Waals surface area contributed by atoms with Gasteiger partial charge in [0.05, 0.1) is 16.9 Å². The molecule has 4 rings (SSSR count). The fourth-order valence-electron chi connectivity index (χ4n) is 3.03. The van der Waals surface area contributed by atoms with Gasteiger partial charge in [0.15, 0.2) is 5.03 Å². The van der Waals surface area contributed by atoms with Crippen LogP contribution in [0.25, 0.3) is 10.9 Å². The van der Waals surface area contributed by atoms with Crippen molar-refractivity contribution in [1.82, 2.24) is 9.78 Å². The third kappa shape index (κ3) is 3.90. The molecule has 0 bridgehead atoms. The average molecular weight is 431 g/mol. The van der Waals surface area contributed by atoms with E-state index in [0.717, 1.165) is 0 Å². The minimum atomic E-state index is -3.95. The van der Waals surface area contributed by atoms with Gasteiger partial charge in [-0.1, -0.05) is 23.7 Å². The van der Waals surface area contributed by atoms with Crippen molar-refractivity contribution >= 4 is 49.6 Å². The van der Waals surface area contributed by atoms with E-state index in [1.807, 2.05) is 0 Å². The molecule has 1 aromatic heterocycles. The quantitative estimate of drug-likeness (QED) is 0.471. The van der Waals surface area contributed by atoms with E-state index in [4.69, 9.17) is 11.6 Å². The molecule has 0 atom stereocenters. The van der Waals surface area contributed by atoms with Crippen molar-refractivity contribution in [2.45, 2.75) is 5.03 Å². The lowest BCUT2D eigenvalue weighted by Gasteiger charge is -2.15. The van der Waals surface area contributed by atoms with Gasteiger partial charge in [-0.15, -0.1) is 0 Å². The third-order valence-electron chi connectivity index (χ3n) is 4.29. The number of nitrogens with zero attached hydrogens (tertiary/aromatic N) is 2. The summed E-state index contributed by atoms with van der Waals surface area (Å²) in [6.45, 7) is 0. The van der Waals surface area contributed by atoms with Crippen molar-refractivity contribution in [3.63, 3.8) is 0 Å². The number of hydrogen-bond acceptors (Lipinski definition) is 4. The second-order valence-corrected chi connectivity index (χ2v) is 8.41. The Balaban J connectivity index is 1.73. The molecule has 148 valence electrons. The Morgan fingerprint density at radius 3 is 2.48 bits per heavy atom. The summed E-state index contributed by atoms with van der Waals surface area (Å²) in [6.07, 6.45) is 0. The highest BCUT2D eigenvalue weighted by atomic mass is 35.5. The Morgan fingerprint density at radius 2 is 1.72 bits per heavy atom. The van der Waals surface area contributed by atoms with Crippen LogP contribution in [0.5, 0.6) is 0 Å². The lowest BCUT2D eigenvalue weighted by atomic mass is 10.2. The van der Waals surface area contributed by atoms with E-state index in [-0.39, 0.29) is 10.8 Å². The maximum Gasteiger partial charge on any atom is 0.279 e. The lowest BCUT2D eigenvalue weighted by molar-refractivity contribution is 0.584. The number of halogens is 2. The summed E-state index contributed by atoms with van der Waals surface area (Å²) < 4.78 is 43.4. The van der Waals surface area contributed by atoms with Crippen molar-refractivity contribution in [2.75, 3.05) is 10.0 Å². The summed E-state index contributed by atoms with van der Waals surface area (Å²) in [7, 11) is -2.38. The second-order valence-electron chi connectivity index (χ2n) is 6.37. The van der Waals surface area contributed by atoms with Crippen molar-refractivity contribution in [2.24, 2.45) is 7.05 Å². The van der Waals surface area contributed by atoms with Crippen LogP contribution in [-0.4, -0.2) is 18.2 Å². The summed E-state index contributed by atoms with van der Waals surface area (Å²) in [4.78, 5) is 0. The molecule has 0 aliphatic carbocycles. The number of benzene rings is 3. The fraction of sp³-hybridized carbons (Fsp3) is 0.0500. The van der Waals surface area contributed by atoms with Gasteiger partial charge in [0.25, 0.3) is 10.0 Å². The maximum absolute atomic E-state index is 13.2. The topological polar surface area (TPSA) is 76.0 Å². The first kappa shape index (κ1) is 19.2. The molecule has 0 saturated carbocycles. The zero-order chi connectivity index (χ0) is 20.6. The summed E-state index contributed by atoms with van der Waals surface area (Å²) in [5, 5.41) is 8.31. The number of hydrogen-bond donors (Lipinski definition) is 2. The zero-order valence-electron chi connectivity index (χ0n) is 15.2.